The normalized spacial score (nSPS) is 15.2. The second-order valence-electron chi connectivity index (χ2n) is 23.6. The number of hydrogen-bond donors (Lipinski definition) is 6. The number of hydrogen-bond acceptors (Lipinski definition) is 26. The first kappa shape index (κ1) is 72.8. The summed E-state index contributed by atoms with van der Waals surface area (Å²) in [6.07, 6.45) is 14.0. The summed E-state index contributed by atoms with van der Waals surface area (Å²) in [4.78, 5) is 88.0. The summed E-state index contributed by atoms with van der Waals surface area (Å²) in [6.45, 7) is 16.5. The van der Waals surface area contributed by atoms with Crippen LogP contribution in [-0.2, 0) is 39.4 Å². The number of rotatable bonds is 28. The molecule has 0 bridgehead atoms. The number of piperidine rings is 2. The Hall–Kier alpha value is -8.92. The van der Waals surface area contributed by atoms with Gasteiger partial charge >= 0.3 is 0 Å². The summed E-state index contributed by atoms with van der Waals surface area (Å²) in [5.74, 6) is -1.00. The van der Waals surface area contributed by atoms with Gasteiger partial charge in [-0.15, -0.1) is 20.5 Å². The zero-order chi connectivity index (χ0) is 70.4. The van der Waals surface area contributed by atoms with Gasteiger partial charge in [-0.2, -0.15) is 41.8 Å². The molecule has 0 atom stereocenters. The van der Waals surface area contributed by atoms with Gasteiger partial charge in [0, 0.05) is 80.4 Å². The van der Waals surface area contributed by atoms with E-state index in [2.05, 4.69) is 68.6 Å². The van der Waals surface area contributed by atoms with Gasteiger partial charge in [0.1, 0.15) is 23.0 Å². The van der Waals surface area contributed by atoms with Gasteiger partial charge in [-0.05, 0) is 190 Å². The second-order valence-corrected chi connectivity index (χ2v) is 29.8. The van der Waals surface area contributed by atoms with Gasteiger partial charge < -0.3 is 40.9 Å². The number of amides is 2. The van der Waals surface area contributed by atoms with Crippen molar-refractivity contribution in [1.29, 1.82) is 0 Å². The first-order valence-corrected chi connectivity index (χ1v) is 38.3. The minimum atomic E-state index is -4.48. The van der Waals surface area contributed by atoms with Crippen LogP contribution in [0.5, 0.6) is 0 Å². The summed E-state index contributed by atoms with van der Waals surface area (Å²) in [5.41, 5.74) is 3.73. The zero-order valence-electron chi connectivity index (χ0n) is 55.8. The fourth-order valence-electron chi connectivity index (χ4n) is 11.6. The van der Waals surface area contributed by atoms with Crippen LogP contribution in [0, 0.1) is 0 Å². The molecule has 10 rings (SSSR count). The number of Topliss-reactive ketones (excluding diaryl/α,β-unsaturated/α-hetero) is 2. The van der Waals surface area contributed by atoms with Crippen LogP contribution in [0.3, 0.4) is 0 Å². The summed E-state index contributed by atoms with van der Waals surface area (Å²) < 4.78 is 65.7. The number of azo groups is 2. The number of aromatic nitrogens is 5. The molecule has 1 aliphatic carbocycles. The van der Waals surface area contributed by atoms with E-state index >= 15 is 0 Å². The zero-order valence-corrected chi connectivity index (χ0v) is 59.8. The fourth-order valence-corrected chi connectivity index (χ4v) is 15.4. The van der Waals surface area contributed by atoms with Crippen LogP contribution in [0.25, 0.3) is 12.2 Å². The SMILES string of the molecule is CCN(CC)c1ccc(N=Nc2nc(N3CCCCC3)c(/C=C(/C(C)=O)C(=O)Nc3ccc(S(=O)(=O)O)cc3)s2)c(Nc2nc(Nc3cc(N(CC)CC)ccc3N=Nc3nc(N4CCCCC4)c(/C=C(\C(C)=O)C(=O)Nc4ccc(S(=O)(=O)O)cc4)s3)nc(SC3CCCCC3)n2)c1. The molecule has 2 saturated heterocycles. The Morgan fingerprint density at radius 3 is 1.28 bits per heavy atom. The molecule has 1 saturated carbocycles. The summed E-state index contributed by atoms with van der Waals surface area (Å²) >= 11 is 3.91. The van der Waals surface area contributed by atoms with Crippen molar-refractivity contribution < 1.29 is 45.1 Å². The third-order valence-corrected chi connectivity index (χ3v) is 21.5. The largest absolute Gasteiger partial charge is 0.372 e. The van der Waals surface area contributed by atoms with Crippen LogP contribution in [0.4, 0.5) is 79.3 Å². The van der Waals surface area contributed by atoms with Gasteiger partial charge in [0.05, 0.1) is 42.1 Å². The van der Waals surface area contributed by atoms with E-state index in [9.17, 15) is 45.1 Å². The molecule has 0 radical (unpaired) electrons. The molecule has 27 nitrogen and oxygen atoms in total. The lowest BCUT2D eigenvalue weighted by Gasteiger charge is -2.27. The molecule has 4 aromatic carbocycles. The van der Waals surface area contributed by atoms with Crippen LogP contribution in [-0.4, -0.2) is 132 Å². The van der Waals surface area contributed by atoms with Crippen LogP contribution in [0.1, 0.15) is 122 Å². The molecule has 99 heavy (non-hydrogen) atoms. The van der Waals surface area contributed by atoms with Gasteiger partial charge in [0.25, 0.3) is 32.1 Å². The molecule has 3 aromatic heterocycles. The predicted octanol–water partition coefficient (Wildman–Crippen LogP) is 14.9. The first-order valence-electron chi connectivity index (χ1n) is 32.9. The third kappa shape index (κ3) is 19.3. The number of thiazole rings is 2. The van der Waals surface area contributed by atoms with E-state index in [0.717, 1.165) is 129 Å². The number of anilines is 10. The molecular weight excluding hydrogens is 1360 g/mol. The first-order chi connectivity index (χ1) is 47.5. The summed E-state index contributed by atoms with van der Waals surface area (Å²) in [7, 11) is -8.95. The highest BCUT2D eigenvalue weighted by Gasteiger charge is 2.27. The van der Waals surface area contributed by atoms with E-state index in [1.165, 1.54) is 50.3 Å². The average Bonchev–Trinajstić information content (AvgIpc) is 1.81. The highest BCUT2D eigenvalue weighted by Crippen LogP contribution is 2.42. The number of nitrogens with zero attached hydrogens (tertiary/aromatic N) is 13. The predicted molar refractivity (Wildman–Crippen MR) is 391 cm³/mol. The molecule has 3 fully saturated rings. The molecule has 6 N–H and O–H groups in total. The van der Waals surface area contributed by atoms with Gasteiger partial charge in [-0.3, -0.25) is 28.3 Å². The van der Waals surface area contributed by atoms with Crippen molar-refractivity contribution in [3.63, 3.8) is 0 Å². The van der Waals surface area contributed by atoms with E-state index in [-0.39, 0.29) is 59.7 Å². The van der Waals surface area contributed by atoms with E-state index < -0.39 is 43.6 Å². The topological polar surface area (TPSA) is 352 Å². The maximum atomic E-state index is 13.8. The van der Waals surface area contributed by atoms with Crippen molar-refractivity contribution in [2.24, 2.45) is 20.5 Å². The molecule has 2 amide bonds. The minimum Gasteiger partial charge on any atom is -0.372 e. The summed E-state index contributed by atoms with van der Waals surface area (Å²) in [6, 6.07) is 21.4. The van der Waals surface area contributed by atoms with Crippen molar-refractivity contribution >= 4 is 169 Å². The Morgan fingerprint density at radius 2 is 0.919 bits per heavy atom. The van der Waals surface area contributed by atoms with Crippen molar-refractivity contribution in [3.05, 3.63) is 106 Å². The van der Waals surface area contributed by atoms with Gasteiger partial charge in [0.2, 0.25) is 22.2 Å². The average molecular weight is 1440 g/mol. The number of benzene rings is 4. The van der Waals surface area contributed by atoms with Crippen LogP contribution in [0.2, 0.25) is 0 Å². The quantitative estimate of drug-likeness (QED) is 0.00872. The lowest BCUT2D eigenvalue weighted by molar-refractivity contribution is -0.120. The number of carbonyl (C=O) groups is 4. The molecule has 7 aromatic rings. The second kappa shape index (κ2) is 33.3. The maximum Gasteiger partial charge on any atom is 0.294 e. The van der Waals surface area contributed by atoms with E-state index in [1.807, 2.05) is 36.4 Å². The van der Waals surface area contributed by atoms with Crippen molar-refractivity contribution in [2.75, 3.05) is 93.2 Å². The minimum absolute atomic E-state index is 0.175. The van der Waals surface area contributed by atoms with Crippen molar-refractivity contribution in [2.45, 2.75) is 132 Å². The molecule has 32 heteroatoms. The fraction of sp³-hybridized carbons (Fsp3) is 0.388. The van der Waals surface area contributed by atoms with E-state index in [1.54, 1.807) is 11.8 Å². The highest BCUT2D eigenvalue weighted by atomic mass is 32.2. The Morgan fingerprint density at radius 1 is 0.535 bits per heavy atom. The number of thioether (sulfide) groups is 1. The lowest BCUT2D eigenvalue weighted by atomic mass is 10.0. The monoisotopic (exact) mass is 1440 g/mol. The Kier molecular flexibility index (Phi) is 24.5. The number of nitrogens with one attached hydrogen (secondary N) is 4. The van der Waals surface area contributed by atoms with Gasteiger partial charge in [-0.1, -0.05) is 53.7 Å². The lowest BCUT2D eigenvalue weighted by Crippen LogP contribution is -2.30. The van der Waals surface area contributed by atoms with E-state index in [0.29, 0.717) is 102 Å². The molecule has 522 valence electrons. The Labute approximate surface area is 587 Å². The molecule has 3 aliphatic rings. The maximum absolute atomic E-state index is 13.8. The standard InChI is InChI=1S/C67H79N17O10S5/c1-7-81(8-2)46-26-32-53(77-79-66-72-59(83-34-16-12-17-35-83)57(96-66)40-51(42(5)85)61(87)68-44-22-28-49(29-23-44)98(89,90)91)55(38-46)70-63-74-64(76-65(75-63)95-48-20-14-11-15-21-48)71-56-39-47(82(9-3)10-4)27-33-54(56)78-80-67-73-60(84-36-18-13-19-37-84)58(97-67)41-52(43(6)86)62(88)69-45-24-30-50(31-25-45)99(92,93)94/h22-33,38-41,48H,7-21,34-37H2,1-6H3,(H,68,87)(H,69,88)(H,89,90,91)(H,92,93,94)(H2,70,71,74,75,76)/b51-40-,52-41+,79-77?,80-78?. The molecule has 5 heterocycles. The van der Waals surface area contributed by atoms with Crippen molar-refractivity contribution in [1.82, 2.24) is 24.9 Å². The molecule has 0 spiro atoms. The number of ketones is 2. The summed E-state index contributed by atoms with van der Waals surface area (Å²) in [5, 5.41) is 32.6. The van der Waals surface area contributed by atoms with Crippen molar-refractivity contribution in [3.8, 4) is 0 Å². The van der Waals surface area contributed by atoms with E-state index in [4.69, 9.17) is 45.4 Å². The number of carbonyl (C=O) groups excluding carboxylic acids is 4. The van der Waals surface area contributed by atoms with Crippen LogP contribution < -0.4 is 40.9 Å². The van der Waals surface area contributed by atoms with Gasteiger partial charge in [-0.25, -0.2) is 0 Å². The van der Waals surface area contributed by atoms with Gasteiger partial charge in [0.15, 0.2) is 16.7 Å². The van der Waals surface area contributed by atoms with Crippen LogP contribution >= 0.6 is 34.4 Å². The molecular formula is C67H79N17O10S5. The highest BCUT2D eigenvalue weighted by molar-refractivity contribution is 7.99. The smallest absolute Gasteiger partial charge is 0.294 e. The Balaban J connectivity index is 0.997. The van der Waals surface area contributed by atoms with Crippen LogP contribution in [0.15, 0.2) is 131 Å². The molecule has 0 unspecified atom stereocenters. The third-order valence-electron chi connectivity index (χ3n) is 16.8. The Bertz CT molecular complexity index is 4170. The molecule has 2 aliphatic heterocycles.